The normalized spacial score (nSPS) is 12.0. The molecule has 0 saturated heterocycles. The Labute approximate surface area is 131 Å². The number of allylic oxidation sites excluding steroid dienone is 1. The first-order valence-corrected chi connectivity index (χ1v) is 6.33. The average molecular weight is 348 g/mol. The highest BCUT2D eigenvalue weighted by atomic mass is 19.4. The highest BCUT2D eigenvalue weighted by Gasteiger charge is 2.23. The monoisotopic (exact) mass is 348 g/mol. The van der Waals surface area contributed by atoms with Gasteiger partial charge in [-0.2, -0.15) is 17.6 Å². The van der Waals surface area contributed by atoms with Crippen LogP contribution in [0.2, 0.25) is 0 Å². The van der Waals surface area contributed by atoms with Crippen molar-refractivity contribution < 1.29 is 35.5 Å². The predicted octanol–water partition coefficient (Wildman–Crippen LogP) is 5.46. The van der Waals surface area contributed by atoms with E-state index in [1.165, 1.54) is 0 Å². The van der Waals surface area contributed by atoms with E-state index in [0.717, 1.165) is 12.1 Å². The zero-order valence-electron chi connectivity index (χ0n) is 11.6. The summed E-state index contributed by atoms with van der Waals surface area (Å²) >= 11 is 0. The van der Waals surface area contributed by atoms with Crippen molar-refractivity contribution in [2.45, 2.75) is 6.18 Å². The van der Waals surface area contributed by atoms with Crippen molar-refractivity contribution in [1.82, 2.24) is 0 Å². The third kappa shape index (κ3) is 4.01. The lowest BCUT2D eigenvalue weighted by Gasteiger charge is -2.08. The van der Waals surface area contributed by atoms with Crippen molar-refractivity contribution in [2.75, 3.05) is 0 Å². The lowest BCUT2D eigenvalue weighted by atomic mass is 10.0. The number of hydrogen-bond acceptors (Lipinski definition) is 1. The molecule has 0 N–H and O–H groups in total. The number of halogens is 7. The molecule has 0 fully saturated rings. The third-order valence-corrected chi connectivity index (χ3v) is 3.03. The molecule has 126 valence electrons. The van der Waals surface area contributed by atoms with E-state index in [1.54, 1.807) is 0 Å². The van der Waals surface area contributed by atoms with E-state index < -0.39 is 40.8 Å². The van der Waals surface area contributed by atoms with Crippen LogP contribution in [-0.4, -0.2) is 12.2 Å². The molecule has 0 heterocycles. The molecule has 2 aromatic rings. The Morgan fingerprint density at radius 1 is 0.917 bits per heavy atom. The fraction of sp³-hybridized carbons (Fsp3) is 0.0625. The van der Waals surface area contributed by atoms with Crippen LogP contribution in [0.4, 0.5) is 30.7 Å². The van der Waals surface area contributed by atoms with E-state index in [0.29, 0.717) is 18.2 Å². The van der Waals surface area contributed by atoms with E-state index in [-0.39, 0.29) is 23.3 Å². The van der Waals surface area contributed by atoms with Crippen molar-refractivity contribution in [3.63, 3.8) is 0 Å². The van der Waals surface area contributed by atoms with Gasteiger partial charge in [0.25, 0.3) is 0 Å². The minimum atomic E-state index is -4.75. The molecule has 0 amide bonds. The van der Waals surface area contributed by atoms with Gasteiger partial charge in [-0.3, -0.25) is 4.79 Å². The lowest BCUT2D eigenvalue weighted by molar-refractivity contribution is -0.0790. The van der Waals surface area contributed by atoms with Crippen LogP contribution >= 0.6 is 0 Å². The van der Waals surface area contributed by atoms with E-state index in [4.69, 9.17) is 0 Å². The highest BCUT2D eigenvalue weighted by Crippen LogP contribution is 2.29. The first-order chi connectivity index (χ1) is 11.1. The average Bonchev–Trinajstić information content (AvgIpc) is 2.44. The summed E-state index contributed by atoms with van der Waals surface area (Å²) in [6.45, 7) is 0. The van der Waals surface area contributed by atoms with Crippen LogP contribution in [0.3, 0.4) is 0 Å². The van der Waals surface area contributed by atoms with Crippen molar-refractivity contribution in [3.8, 4) is 11.1 Å². The van der Waals surface area contributed by atoms with Gasteiger partial charge in [0.15, 0.2) is 0 Å². The lowest BCUT2D eigenvalue weighted by Crippen LogP contribution is -2.01. The van der Waals surface area contributed by atoms with E-state index in [9.17, 15) is 35.5 Å². The number of carbonyl (C=O) groups is 1. The number of carbonyl (C=O) groups excluding carboxylic acids is 1. The van der Waals surface area contributed by atoms with Gasteiger partial charge in [-0.25, -0.2) is 13.2 Å². The van der Waals surface area contributed by atoms with Crippen LogP contribution in [-0.2, 0) is 0 Å². The van der Waals surface area contributed by atoms with Gasteiger partial charge < -0.3 is 0 Å². The molecule has 1 nitrogen and oxygen atoms in total. The fourth-order valence-corrected chi connectivity index (χ4v) is 1.95. The molecule has 0 spiro atoms. The standard InChI is InChI=1S/C16H7F7O/c17-12-5-8(15(20)24)1-2-10(12)9-6-13(18)11(14(19)7-9)3-4-16(21,22)23/h1-7H. The molecule has 0 aliphatic carbocycles. The van der Waals surface area contributed by atoms with Crippen molar-refractivity contribution in [3.05, 3.63) is 65.0 Å². The second-order valence-electron chi connectivity index (χ2n) is 4.70. The van der Waals surface area contributed by atoms with Gasteiger partial charge >= 0.3 is 12.2 Å². The van der Waals surface area contributed by atoms with Crippen LogP contribution in [0, 0.1) is 17.5 Å². The summed E-state index contributed by atoms with van der Waals surface area (Å²) in [5.74, 6) is -3.79. The molecule has 0 aliphatic heterocycles. The molecular formula is C16H7F7O. The first kappa shape index (κ1) is 17.7. The molecule has 0 aliphatic rings. The summed E-state index contributed by atoms with van der Waals surface area (Å²) in [5.41, 5.74) is -2.18. The third-order valence-electron chi connectivity index (χ3n) is 3.03. The van der Waals surface area contributed by atoms with Crippen LogP contribution in [0.5, 0.6) is 0 Å². The topological polar surface area (TPSA) is 17.1 Å². The van der Waals surface area contributed by atoms with Crippen molar-refractivity contribution >= 4 is 12.1 Å². The largest absolute Gasteiger partial charge is 0.409 e. The summed E-state index contributed by atoms with van der Waals surface area (Å²) < 4.78 is 90.2. The Morgan fingerprint density at radius 2 is 1.50 bits per heavy atom. The van der Waals surface area contributed by atoms with Crippen LogP contribution in [0.1, 0.15) is 15.9 Å². The minimum Gasteiger partial charge on any atom is -0.255 e. The van der Waals surface area contributed by atoms with Crippen LogP contribution in [0.15, 0.2) is 36.4 Å². The van der Waals surface area contributed by atoms with Gasteiger partial charge in [0.1, 0.15) is 17.5 Å². The molecule has 0 unspecified atom stereocenters. The molecule has 8 heteroatoms. The molecule has 24 heavy (non-hydrogen) atoms. The number of benzene rings is 2. The predicted molar refractivity (Wildman–Crippen MR) is 72.3 cm³/mol. The van der Waals surface area contributed by atoms with Gasteiger partial charge in [-0.05, 0) is 35.9 Å². The second-order valence-corrected chi connectivity index (χ2v) is 4.70. The van der Waals surface area contributed by atoms with E-state index in [2.05, 4.69) is 0 Å². The first-order valence-electron chi connectivity index (χ1n) is 6.33. The molecule has 0 bridgehead atoms. The van der Waals surface area contributed by atoms with Crippen molar-refractivity contribution in [2.24, 2.45) is 0 Å². The number of alkyl halides is 3. The maximum atomic E-state index is 13.8. The van der Waals surface area contributed by atoms with E-state index >= 15 is 0 Å². The van der Waals surface area contributed by atoms with Gasteiger partial charge in [-0.1, -0.05) is 6.07 Å². The zero-order valence-corrected chi connectivity index (χ0v) is 11.6. The Hall–Kier alpha value is -2.64. The second kappa shape index (κ2) is 6.46. The minimum absolute atomic E-state index is 0.218. The fourth-order valence-electron chi connectivity index (χ4n) is 1.95. The van der Waals surface area contributed by atoms with Crippen LogP contribution < -0.4 is 0 Å². The molecule has 2 rings (SSSR count). The van der Waals surface area contributed by atoms with E-state index in [1.807, 2.05) is 0 Å². The molecule has 0 atom stereocenters. The molecule has 0 radical (unpaired) electrons. The Bertz CT molecular complexity index is 799. The molecule has 2 aromatic carbocycles. The Balaban J connectivity index is 2.48. The van der Waals surface area contributed by atoms with Gasteiger partial charge in [0.05, 0.1) is 5.56 Å². The summed E-state index contributed by atoms with van der Waals surface area (Å²) in [7, 11) is 0. The van der Waals surface area contributed by atoms with Crippen molar-refractivity contribution in [1.29, 1.82) is 0 Å². The summed E-state index contributed by atoms with van der Waals surface area (Å²) in [5, 5.41) is 0. The molecule has 0 aromatic heterocycles. The quantitative estimate of drug-likeness (QED) is 0.532. The molecule has 0 saturated carbocycles. The smallest absolute Gasteiger partial charge is 0.255 e. The number of rotatable bonds is 3. The summed E-state index contributed by atoms with van der Waals surface area (Å²) in [6.07, 6.45) is -4.87. The Morgan fingerprint density at radius 3 is 1.96 bits per heavy atom. The highest BCUT2D eigenvalue weighted by molar-refractivity contribution is 5.89. The molecular weight excluding hydrogens is 341 g/mol. The maximum absolute atomic E-state index is 13.8. The van der Waals surface area contributed by atoms with Gasteiger partial charge in [-0.15, -0.1) is 0 Å². The summed E-state index contributed by atoms with van der Waals surface area (Å²) in [4.78, 5) is 10.5. The zero-order chi connectivity index (χ0) is 18.1. The maximum Gasteiger partial charge on any atom is 0.409 e. The van der Waals surface area contributed by atoms with Gasteiger partial charge in [0.2, 0.25) is 0 Å². The Kier molecular flexibility index (Phi) is 4.77. The SMILES string of the molecule is O=C(F)c1ccc(-c2cc(F)c(C=CC(F)(F)F)c(F)c2)c(F)c1. The summed E-state index contributed by atoms with van der Waals surface area (Å²) in [6, 6.07) is 1.77. The van der Waals surface area contributed by atoms with Crippen LogP contribution in [0.25, 0.3) is 17.2 Å². The van der Waals surface area contributed by atoms with Gasteiger partial charge in [0, 0.05) is 17.2 Å². The number of hydrogen-bond donors (Lipinski definition) is 0.